The third-order valence-corrected chi connectivity index (χ3v) is 3.35. The van der Waals surface area contributed by atoms with Gasteiger partial charge in [-0.15, -0.1) is 0 Å². The minimum absolute atomic E-state index is 0.0124. The van der Waals surface area contributed by atoms with E-state index in [0.29, 0.717) is 6.42 Å². The molecule has 18 heavy (non-hydrogen) atoms. The van der Waals surface area contributed by atoms with E-state index in [1.54, 1.807) is 0 Å². The van der Waals surface area contributed by atoms with Crippen LogP contribution in [0.5, 0.6) is 0 Å². The number of halogens is 2. The van der Waals surface area contributed by atoms with Crippen molar-refractivity contribution < 1.29 is 18.7 Å². The predicted molar refractivity (Wildman–Crippen MR) is 69.4 cm³/mol. The van der Waals surface area contributed by atoms with Crippen LogP contribution in [0.1, 0.15) is 23.7 Å². The van der Waals surface area contributed by atoms with E-state index in [1.165, 1.54) is 13.2 Å². The molecule has 0 aromatic heterocycles. The third kappa shape index (κ3) is 3.53. The van der Waals surface area contributed by atoms with Gasteiger partial charge in [0, 0.05) is 0 Å². The second-order valence-corrected chi connectivity index (χ2v) is 4.65. The van der Waals surface area contributed by atoms with Crippen molar-refractivity contribution >= 4 is 33.5 Å². The Morgan fingerprint density at radius 2 is 2.17 bits per heavy atom. The lowest BCUT2D eigenvalue weighted by molar-refractivity contribution is -0.115. The highest BCUT2D eigenvalue weighted by Gasteiger charge is 2.18. The first-order valence-corrected chi connectivity index (χ1v) is 6.24. The molecule has 1 rings (SSSR count). The highest BCUT2D eigenvalue weighted by Crippen LogP contribution is 2.19. The summed E-state index contributed by atoms with van der Waals surface area (Å²) in [6.07, 6.45) is 0.598. The van der Waals surface area contributed by atoms with Crippen LogP contribution < -0.4 is 5.32 Å². The van der Waals surface area contributed by atoms with Crippen LogP contribution in [0.15, 0.2) is 18.2 Å². The molecule has 98 valence electrons. The minimum Gasteiger partial charge on any atom is -0.465 e. The van der Waals surface area contributed by atoms with E-state index in [4.69, 9.17) is 0 Å². The van der Waals surface area contributed by atoms with E-state index < -0.39 is 11.8 Å². The van der Waals surface area contributed by atoms with Gasteiger partial charge in [-0.2, -0.15) is 0 Å². The van der Waals surface area contributed by atoms with Crippen LogP contribution in [-0.4, -0.2) is 23.8 Å². The van der Waals surface area contributed by atoms with Crippen molar-refractivity contribution in [2.45, 2.75) is 18.2 Å². The smallest absolute Gasteiger partial charge is 0.340 e. The summed E-state index contributed by atoms with van der Waals surface area (Å²) in [5.74, 6) is -1.57. The predicted octanol–water partition coefficient (Wildman–Crippen LogP) is 2.72. The van der Waals surface area contributed by atoms with Gasteiger partial charge in [-0.25, -0.2) is 9.18 Å². The van der Waals surface area contributed by atoms with E-state index in [1.807, 2.05) is 6.92 Å². The van der Waals surface area contributed by atoms with Crippen molar-refractivity contribution in [3.63, 3.8) is 0 Å². The molecule has 6 heteroatoms. The number of carbonyl (C=O) groups excluding carboxylic acids is 2. The summed E-state index contributed by atoms with van der Waals surface area (Å²) in [4.78, 5) is 22.8. The Balaban J connectivity index is 3.01. The van der Waals surface area contributed by atoms with Gasteiger partial charge in [0.25, 0.3) is 0 Å². The molecule has 0 fully saturated rings. The van der Waals surface area contributed by atoms with Gasteiger partial charge in [-0.05, 0) is 24.6 Å². The number of hydrogen-bond donors (Lipinski definition) is 1. The van der Waals surface area contributed by atoms with Crippen molar-refractivity contribution in [3.05, 3.63) is 29.6 Å². The molecule has 0 radical (unpaired) electrons. The Morgan fingerprint density at radius 1 is 1.50 bits per heavy atom. The van der Waals surface area contributed by atoms with E-state index in [2.05, 4.69) is 26.0 Å². The van der Waals surface area contributed by atoms with Crippen molar-refractivity contribution in [3.8, 4) is 0 Å². The zero-order valence-corrected chi connectivity index (χ0v) is 11.6. The summed E-state index contributed by atoms with van der Waals surface area (Å²) in [7, 11) is 1.19. The van der Waals surface area contributed by atoms with Crippen LogP contribution in [0.2, 0.25) is 0 Å². The molecule has 1 aromatic carbocycles. The van der Waals surface area contributed by atoms with Crippen LogP contribution in [0, 0.1) is 5.82 Å². The zero-order valence-electron chi connectivity index (χ0n) is 10.00. The molecule has 1 atom stereocenters. The number of methoxy groups -OCH3 is 1. The Bertz CT molecular complexity index is 465. The lowest BCUT2D eigenvalue weighted by Gasteiger charge is -2.12. The Labute approximate surface area is 113 Å². The molecule has 0 bridgehead atoms. The first-order chi connectivity index (χ1) is 8.49. The fraction of sp³-hybridized carbons (Fsp3) is 0.333. The van der Waals surface area contributed by atoms with Gasteiger partial charge >= 0.3 is 5.97 Å². The maximum Gasteiger partial charge on any atom is 0.340 e. The van der Waals surface area contributed by atoms with E-state index in [-0.39, 0.29) is 22.0 Å². The summed E-state index contributed by atoms with van der Waals surface area (Å²) in [5, 5.41) is 2.55. The van der Waals surface area contributed by atoms with Crippen molar-refractivity contribution in [1.82, 2.24) is 0 Å². The molecule has 1 aromatic rings. The van der Waals surface area contributed by atoms with Crippen molar-refractivity contribution in [1.29, 1.82) is 0 Å². The number of carbonyl (C=O) groups is 2. The molecule has 0 saturated carbocycles. The van der Waals surface area contributed by atoms with Crippen molar-refractivity contribution in [2.24, 2.45) is 0 Å². The molecule has 1 unspecified atom stereocenters. The number of hydrogen-bond acceptors (Lipinski definition) is 3. The standard InChI is InChI=1S/C12H13BrFNO3/c1-3-9(13)11(16)15-10-5-4-7(14)6-8(10)12(17)18-2/h4-6,9H,3H2,1-2H3,(H,15,16). The average Bonchev–Trinajstić information content (AvgIpc) is 2.38. The number of esters is 1. The minimum atomic E-state index is -0.701. The van der Waals surface area contributed by atoms with Gasteiger partial charge in [-0.3, -0.25) is 4.79 Å². The van der Waals surface area contributed by atoms with Gasteiger partial charge in [0.1, 0.15) is 5.82 Å². The third-order valence-electron chi connectivity index (χ3n) is 2.29. The van der Waals surface area contributed by atoms with E-state index in [9.17, 15) is 14.0 Å². The highest BCUT2D eigenvalue weighted by molar-refractivity contribution is 9.10. The molecule has 4 nitrogen and oxygen atoms in total. The maximum atomic E-state index is 13.1. The van der Waals surface area contributed by atoms with Crippen LogP contribution in [0.4, 0.5) is 10.1 Å². The van der Waals surface area contributed by atoms with Gasteiger partial charge in [-0.1, -0.05) is 22.9 Å². The Morgan fingerprint density at radius 3 is 2.72 bits per heavy atom. The lowest BCUT2D eigenvalue weighted by Crippen LogP contribution is -2.23. The maximum absolute atomic E-state index is 13.1. The fourth-order valence-electron chi connectivity index (χ4n) is 1.30. The highest BCUT2D eigenvalue weighted by atomic mass is 79.9. The molecule has 0 heterocycles. The summed E-state index contributed by atoms with van der Waals surface area (Å²) >= 11 is 3.19. The molecular weight excluding hydrogens is 305 g/mol. The molecule has 0 aliphatic rings. The average molecular weight is 318 g/mol. The zero-order chi connectivity index (χ0) is 13.7. The number of nitrogens with one attached hydrogen (secondary N) is 1. The normalized spacial score (nSPS) is 11.8. The monoisotopic (exact) mass is 317 g/mol. The lowest BCUT2D eigenvalue weighted by atomic mass is 10.1. The second-order valence-electron chi connectivity index (χ2n) is 3.55. The number of benzene rings is 1. The fourth-order valence-corrected chi connectivity index (χ4v) is 1.42. The largest absolute Gasteiger partial charge is 0.465 e. The number of anilines is 1. The van der Waals surface area contributed by atoms with Gasteiger partial charge in [0.05, 0.1) is 23.2 Å². The van der Waals surface area contributed by atoms with Crippen LogP contribution >= 0.6 is 15.9 Å². The van der Waals surface area contributed by atoms with Crippen molar-refractivity contribution in [2.75, 3.05) is 12.4 Å². The molecule has 0 aliphatic heterocycles. The molecule has 1 amide bonds. The van der Waals surface area contributed by atoms with Gasteiger partial charge < -0.3 is 10.1 Å². The van der Waals surface area contributed by atoms with Crippen LogP contribution in [0.25, 0.3) is 0 Å². The second kappa shape index (κ2) is 6.49. The molecule has 1 N–H and O–H groups in total. The summed E-state index contributed by atoms with van der Waals surface area (Å²) in [6.45, 7) is 1.84. The Kier molecular flexibility index (Phi) is 5.27. The van der Waals surface area contributed by atoms with Crippen LogP contribution in [-0.2, 0) is 9.53 Å². The molecule has 0 aliphatic carbocycles. The quantitative estimate of drug-likeness (QED) is 0.686. The molecule has 0 saturated heterocycles. The number of amides is 1. The van der Waals surface area contributed by atoms with Crippen LogP contribution in [0.3, 0.4) is 0 Å². The van der Waals surface area contributed by atoms with Gasteiger partial charge in [0.15, 0.2) is 0 Å². The number of alkyl halides is 1. The Hall–Kier alpha value is -1.43. The number of rotatable bonds is 4. The molecular formula is C12H13BrFNO3. The first-order valence-electron chi connectivity index (χ1n) is 5.32. The summed E-state index contributed by atoms with van der Waals surface area (Å²) < 4.78 is 17.6. The summed E-state index contributed by atoms with van der Waals surface area (Å²) in [5.41, 5.74) is 0.216. The molecule has 0 spiro atoms. The van der Waals surface area contributed by atoms with E-state index >= 15 is 0 Å². The summed E-state index contributed by atoms with van der Waals surface area (Å²) in [6, 6.07) is 3.52. The number of ether oxygens (including phenoxy) is 1. The van der Waals surface area contributed by atoms with Gasteiger partial charge in [0.2, 0.25) is 5.91 Å². The first kappa shape index (κ1) is 14.6. The van der Waals surface area contributed by atoms with E-state index in [0.717, 1.165) is 12.1 Å². The topological polar surface area (TPSA) is 55.4 Å². The SMILES string of the molecule is CCC(Br)C(=O)Nc1ccc(F)cc1C(=O)OC.